The number of nitrogens with zero attached hydrogens (tertiary/aromatic N) is 2. The Morgan fingerprint density at radius 2 is 2.13 bits per heavy atom. The van der Waals surface area contributed by atoms with E-state index in [9.17, 15) is 0 Å². The van der Waals surface area contributed by atoms with E-state index >= 15 is 0 Å². The Kier molecular flexibility index (Phi) is 7.03. The summed E-state index contributed by atoms with van der Waals surface area (Å²) in [5, 5.41) is 7.80. The minimum Gasteiger partial charge on any atom is -0.380 e. The van der Waals surface area contributed by atoms with E-state index in [-0.39, 0.29) is 0 Å². The van der Waals surface area contributed by atoms with Gasteiger partial charge in [0.25, 0.3) is 0 Å². The Morgan fingerprint density at radius 3 is 2.83 bits per heavy atom. The van der Waals surface area contributed by atoms with Crippen molar-refractivity contribution in [2.75, 3.05) is 20.7 Å². The molecule has 0 spiro atoms. The number of aryl methyl sites for hydroxylation is 1. The number of benzene rings is 1. The zero-order valence-electron chi connectivity index (χ0n) is 13.9. The van der Waals surface area contributed by atoms with Crippen molar-refractivity contribution < 1.29 is 4.74 Å². The highest BCUT2D eigenvalue weighted by molar-refractivity contribution is 7.11. The molecule has 0 atom stereocenters. The van der Waals surface area contributed by atoms with Crippen molar-refractivity contribution in [3.05, 3.63) is 51.5 Å². The SMILES string of the molecule is CN=C(NCCc1ncc(C)s1)NCc1cccc(COC)c1. The Morgan fingerprint density at radius 1 is 1.30 bits per heavy atom. The molecule has 124 valence electrons. The van der Waals surface area contributed by atoms with E-state index in [4.69, 9.17) is 4.74 Å². The second-order valence-corrected chi connectivity index (χ2v) is 6.54. The van der Waals surface area contributed by atoms with Crippen molar-refractivity contribution in [1.29, 1.82) is 0 Å². The average molecular weight is 332 g/mol. The van der Waals surface area contributed by atoms with Crippen LogP contribution < -0.4 is 10.6 Å². The van der Waals surface area contributed by atoms with E-state index in [0.717, 1.165) is 30.5 Å². The minimum absolute atomic E-state index is 0.633. The van der Waals surface area contributed by atoms with Gasteiger partial charge in [0, 0.05) is 44.7 Å². The van der Waals surface area contributed by atoms with E-state index < -0.39 is 0 Å². The molecule has 0 saturated carbocycles. The third-order valence-corrected chi connectivity index (χ3v) is 4.26. The lowest BCUT2D eigenvalue weighted by Gasteiger charge is -2.12. The van der Waals surface area contributed by atoms with Crippen LogP contribution in [0.5, 0.6) is 0 Å². The molecule has 0 fully saturated rings. The van der Waals surface area contributed by atoms with Gasteiger partial charge in [0.05, 0.1) is 11.6 Å². The smallest absolute Gasteiger partial charge is 0.191 e. The molecule has 0 aliphatic heterocycles. The van der Waals surface area contributed by atoms with Gasteiger partial charge in [0.15, 0.2) is 5.96 Å². The molecule has 0 aliphatic carbocycles. The lowest BCUT2D eigenvalue weighted by atomic mass is 10.1. The molecule has 0 radical (unpaired) electrons. The molecule has 0 unspecified atom stereocenters. The van der Waals surface area contributed by atoms with Crippen LogP contribution in [0.1, 0.15) is 21.0 Å². The van der Waals surface area contributed by atoms with Gasteiger partial charge in [-0.15, -0.1) is 11.3 Å². The summed E-state index contributed by atoms with van der Waals surface area (Å²) < 4.78 is 5.17. The second-order valence-electron chi connectivity index (χ2n) is 5.22. The van der Waals surface area contributed by atoms with Crippen molar-refractivity contribution in [2.45, 2.75) is 26.5 Å². The summed E-state index contributed by atoms with van der Waals surface area (Å²) in [4.78, 5) is 9.87. The molecule has 1 aromatic carbocycles. The number of methoxy groups -OCH3 is 1. The first-order valence-electron chi connectivity index (χ1n) is 7.64. The van der Waals surface area contributed by atoms with Crippen LogP contribution in [0.25, 0.3) is 0 Å². The molecule has 0 saturated heterocycles. The molecule has 0 bridgehead atoms. The molecule has 1 heterocycles. The summed E-state index contributed by atoms with van der Waals surface area (Å²) in [5.41, 5.74) is 2.38. The topological polar surface area (TPSA) is 58.5 Å². The largest absolute Gasteiger partial charge is 0.380 e. The Hall–Kier alpha value is -1.92. The van der Waals surface area contributed by atoms with Crippen LogP contribution in [0.15, 0.2) is 35.5 Å². The van der Waals surface area contributed by atoms with Gasteiger partial charge >= 0.3 is 0 Å². The number of aliphatic imine (C=N–C) groups is 1. The fourth-order valence-electron chi connectivity index (χ4n) is 2.21. The van der Waals surface area contributed by atoms with Gasteiger partial charge in [-0.25, -0.2) is 4.98 Å². The van der Waals surface area contributed by atoms with Crippen molar-refractivity contribution in [3.63, 3.8) is 0 Å². The van der Waals surface area contributed by atoms with Crippen molar-refractivity contribution in [1.82, 2.24) is 15.6 Å². The standard InChI is InChI=1S/C17H24N4OS/c1-13-10-20-16(23-13)7-8-19-17(18-2)21-11-14-5-4-6-15(9-14)12-22-3/h4-6,9-10H,7-8,11-12H2,1-3H3,(H2,18,19,21). The van der Waals surface area contributed by atoms with Crippen LogP contribution >= 0.6 is 11.3 Å². The maximum Gasteiger partial charge on any atom is 0.191 e. The number of nitrogens with one attached hydrogen (secondary N) is 2. The van der Waals surface area contributed by atoms with E-state index in [0.29, 0.717) is 6.61 Å². The second kappa shape index (κ2) is 9.27. The number of hydrogen-bond acceptors (Lipinski definition) is 4. The quantitative estimate of drug-likeness (QED) is 0.604. The maximum atomic E-state index is 5.17. The highest BCUT2D eigenvalue weighted by atomic mass is 32.1. The zero-order chi connectivity index (χ0) is 16.5. The molecule has 2 rings (SSSR count). The summed E-state index contributed by atoms with van der Waals surface area (Å²) >= 11 is 1.74. The van der Waals surface area contributed by atoms with Crippen LogP contribution in [0.4, 0.5) is 0 Å². The summed E-state index contributed by atoms with van der Waals surface area (Å²) in [6.45, 7) is 4.25. The number of guanidine groups is 1. The monoisotopic (exact) mass is 332 g/mol. The molecule has 2 aromatic rings. The number of thiazole rings is 1. The van der Waals surface area contributed by atoms with Crippen LogP contribution in [0.3, 0.4) is 0 Å². The van der Waals surface area contributed by atoms with E-state index in [1.54, 1.807) is 25.5 Å². The van der Waals surface area contributed by atoms with Crippen molar-refractivity contribution in [3.8, 4) is 0 Å². The first kappa shape index (κ1) is 17.4. The molecular formula is C17H24N4OS. The highest BCUT2D eigenvalue weighted by Gasteiger charge is 2.02. The number of rotatable bonds is 7. The lowest BCUT2D eigenvalue weighted by Crippen LogP contribution is -2.37. The number of hydrogen-bond donors (Lipinski definition) is 2. The molecule has 5 nitrogen and oxygen atoms in total. The van der Waals surface area contributed by atoms with E-state index in [1.807, 2.05) is 12.3 Å². The molecule has 0 amide bonds. The Bertz CT molecular complexity index is 639. The third kappa shape index (κ3) is 6.00. The highest BCUT2D eigenvalue weighted by Crippen LogP contribution is 2.11. The normalized spacial score (nSPS) is 11.5. The van der Waals surface area contributed by atoms with Crippen LogP contribution in [0, 0.1) is 6.92 Å². The van der Waals surface area contributed by atoms with Gasteiger partial charge in [-0.3, -0.25) is 4.99 Å². The number of aromatic nitrogens is 1. The van der Waals surface area contributed by atoms with E-state index in [2.05, 4.69) is 45.7 Å². The number of ether oxygens (including phenoxy) is 1. The molecule has 0 aliphatic rings. The van der Waals surface area contributed by atoms with Crippen LogP contribution in [0.2, 0.25) is 0 Å². The third-order valence-electron chi connectivity index (χ3n) is 3.29. The van der Waals surface area contributed by atoms with Gasteiger partial charge in [-0.1, -0.05) is 24.3 Å². The molecule has 6 heteroatoms. The first-order chi connectivity index (χ1) is 11.2. The van der Waals surface area contributed by atoms with Crippen LogP contribution in [-0.2, 0) is 24.3 Å². The first-order valence-corrected chi connectivity index (χ1v) is 8.45. The fourth-order valence-corrected chi connectivity index (χ4v) is 2.99. The van der Waals surface area contributed by atoms with E-state index in [1.165, 1.54) is 16.0 Å². The molecule has 23 heavy (non-hydrogen) atoms. The minimum atomic E-state index is 0.633. The summed E-state index contributed by atoms with van der Waals surface area (Å²) in [6, 6.07) is 8.35. The summed E-state index contributed by atoms with van der Waals surface area (Å²) in [6.07, 6.45) is 2.82. The average Bonchev–Trinajstić information content (AvgIpc) is 2.97. The van der Waals surface area contributed by atoms with Crippen molar-refractivity contribution >= 4 is 17.3 Å². The predicted molar refractivity (Wildman–Crippen MR) is 95.9 cm³/mol. The fraction of sp³-hybridized carbons (Fsp3) is 0.412. The van der Waals surface area contributed by atoms with Crippen LogP contribution in [-0.4, -0.2) is 31.6 Å². The molecule has 2 N–H and O–H groups in total. The predicted octanol–water partition coefficient (Wildman–Crippen LogP) is 2.51. The van der Waals surface area contributed by atoms with Gasteiger partial charge in [0.1, 0.15) is 0 Å². The van der Waals surface area contributed by atoms with Gasteiger partial charge < -0.3 is 15.4 Å². The zero-order valence-corrected chi connectivity index (χ0v) is 14.7. The lowest BCUT2D eigenvalue weighted by molar-refractivity contribution is 0.185. The van der Waals surface area contributed by atoms with Gasteiger partial charge in [0.2, 0.25) is 0 Å². The van der Waals surface area contributed by atoms with Gasteiger partial charge in [-0.2, -0.15) is 0 Å². The molecule has 1 aromatic heterocycles. The maximum absolute atomic E-state index is 5.17. The van der Waals surface area contributed by atoms with Gasteiger partial charge in [-0.05, 0) is 18.1 Å². The van der Waals surface area contributed by atoms with Crippen molar-refractivity contribution in [2.24, 2.45) is 4.99 Å². The Labute approximate surface area is 141 Å². The summed E-state index contributed by atoms with van der Waals surface area (Å²) in [5.74, 6) is 0.801. The molecular weight excluding hydrogens is 308 g/mol. The summed E-state index contributed by atoms with van der Waals surface area (Å²) in [7, 11) is 3.49. The Balaban J connectivity index is 1.77.